The highest BCUT2D eigenvalue weighted by Gasteiger charge is 2.14. The van der Waals surface area contributed by atoms with Crippen molar-refractivity contribution in [1.29, 1.82) is 0 Å². The number of ether oxygens (including phenoxy) is 1. The fourth-order valence-electron chi connectivity index (χ4n) is 2.07. The fourth-order valence-corrected chi connectivity index (χ4v) is 2.07. The normalized spacial score (nSPS) is 10.7. The quantitative estimate of drug-likeness (QED) is 0.774. The molecule has 0 aliphatic rings. The summed E-state index contributed by atoms with van der Waals surface area (Å²) in [6, 6.07) is 10.6. The Morgan fingerprint density at radius 1 is 1.10 bits per heavy atom. The third kappa shape index (κ3) is 3.86. The molecule has 0 radical (unpaired) electrons. The zero-order valence-electron chi connectivity index (χ0n) is 13.1. The van der Waals surface area contributed by atoms with Gasteiger partial charge in [0.1, 0.15) is 12.4 Å². The van der Waals surface area contributed by atoms with E-state index in [1.54, 1.807) is 19.3 Å². The number of aromatic nitrogens is 1. The average Bonchev–Trinajstić information content (AvgIpc) is 2.47. The molecule has 2 rings (SSSR count). The van der Waals surface area contributed by atoms with Crippen molar-refractivity contribution in [3.05, 3.63) is 48.3 Å². The van der Waals surface area contributed by atoms with Gasteiger partial charge in [-0.05, 0) is 29.5 Å². The van der Waals surface area contributed by atoms with E-state index < -0.39 is 0 Å². The van der Waals surface area contributed by atoms with Crippen molar-refractivity contribution in [2.75, 3.05) is 6.61 Å². The first-order chi connectivity index (χ1) is 10.0. The number of rotatable bonds is 3. The minimum Gasteiger partial charge on any atom is -0.479 e. The van der Waals surface area contributed by atoms with Crippen molar-refractivity contribution in [3.8, 4) is 28.7 Å². The first-order valence-electron chi connectivity index (χ1n) is 7.09. The minimum atomic E-state index is 0.160. The lowest BCUT2D eigenvalue weighted by Gasteiger charge is -2.19. The van der Waals surface area contributed by atoms with E-state index in [1.165, 1.54) is 5.56 Å². The van der Waals surface area contributed by atoms with E-state index in [2.05, 4.69) is 61.9 Å². The summed E-state index contributed by atoms with van der Waals surface area (Å²) >= 11 is 0. The number of hydrogen-bond donors (Lipinski definition) is 0. The van der Waals surface area contributed by atoms with Crippen LogP contribution in [0.3, 0.4) is 0 Å². The van der Waals surface area contributed by atoms with Gasteiger partial charge in [-0.1, -0.05) is 51.0 Å². The highest BCUT2D eigenvalue weighted by Crippen LogP contribution is 2.31. The first kappa shape index (κ1) is 15.1. The number of hydrogen-bond acceptors (Lipinski definition) is 2. The van der Waals surface area contributed by atoms with E-state index in [9.17, 15) is 0 Å². The zero-order chi connectivity index (χ0) is 15.3. The maximum atomic E-state index is 5.69. The third-order valence-corrected chi connectivity index (χ3v) is 3.32. The highest BCUT2D eigenvalue weighted by molar-refractivity contribution is 5.70. The molecule has 0 unspecified atom stereocenters. The van der Waals surface area contributed by atoms with Gasteiger partial charge in [-0.15, -0.1) is 5.92 Å². The summed E-state index contributed by atoms with van der Waals surface area (Å²) < 4.78 is 5.69. The first-order valence-corrected chi connectivity index (χ1v) is 7.09. The molecule has 2 heteroatoms. The summed E-state index contributed by atoms with van der Waals surface area (Å²) in [4.78, 5) is 4.13. The van der Waals surface area contributed by atoms with E-state index in [1.807, 2.05) is 6.07 Å². The summed E-state index contributed by atoms with van der Waals surface area (Å²) in [6.45, 7) is 8.83. The van der Waals surface area contributed by atoms with Gasteiger partial charge in [0.05, 0.1) is 6.20 Å². The molecule has 0 saturated heterocycles. The van der Waals surface area contributed by atoms with Crippen molar-refractivity contribution in [1.82, 2.24) is 4.98 Å². The Morgan fingerprint density at radius 2 is 1.81 bits per heavy atom. The van der Waals surface area contributed by atoms with E-state index in [-0.39, 0.29) is 5.41 Å². The third-order valence-electron chi connectivity index (χ3n) is 3.32. The molecule has 0 N–H and O–H groups in total. The van der Waals surface area contributed by atoms with Crippen molar-refractivity contribution < 1.29 is 4.74 Å². The van der Waals surface area contributed by atoms with E-state index >= 15 is 0 Å². The van der Waals surface area contributed by atoms with Crippen LogP contribution in [0.25, 0.3) is 11.1 Å². The summed E-state index contributed by atoms with van der Waals surface area (Å²) in [5.74, 6) is 6.50. The Labute approximate surface area is 127 Å². The Morgan fingerprint density at radius 3 is 2.43 bits per heavy atom. The second-order valence-electron chi connectivity index (χ2n) is 5.91. The lowest BCUT2D eigenvalue weighted by molar-refractivity contribution is 0.370. The SMILES string of the molecule is CC#CCOc1cnccc1-c1ccc(C(C)(C)C)cc1. The minimum absolute atomic E-state index is 0.160. The molecular formula is C19H21NO. The van der Waals surface area contributed by atoms with Crippen LogP contribution >= 0.6 is 0 Å². The number of benzene rings is 1. The average molecular weight is 279 g/mol. The van der Waals surface area contributed by atoms with Crippen LogP contribution in [0.15, 0.2) is 42.7 Å². The van der Waals surface area contributed by atoms with Crippen LogP contribution in [0.1, 0.15) is 33.3 Å². The highest BCUT2D eigenvalue weighted by atomic mass is 16.5. The molecule has 0 bridgehead atoms. The van der Waals surface area contributed by atoms with E-state index in [0.29, 0.717) is 6.61 Å². The Bertz CT molecular complexity index is 654. The fraction of sp³-hybridized carbons (Fsp3) is 0.316. The van der Waals surface area contributed by atoms with Crippen molar-refractivity contribution in [2.45, 2.75) is 33.1 Å². The van der Waals surface area contributed by atoms with Gasteiger partial charge in [-0.3, -0.25) is 4.98 Å². The van der Waals surface area contributed by atoms with Crippen molar-refractivity contribution >= 4 is 0 Å². The molecule has 1 aromatic carbocycles. The van der Waals surface area contributed by atoms with Gasteiger partial charge < -0.3 is 4.74 Å². The van der Waals surface area contributed by atoms with Crippen molar-refractivity contribution in [2.24, 2.45) is 0 Å². The second-order valence-corrected chi connectivity index (χ2v) is 5.91. The lowest BCUT2D eigenvalue weighted by atomic mass is 9.86. The topological polar surface area (TPSA) is 22.1 Å². The molecule has 0 fully saturated rings. The molecule has 0 aliphatic heterocycles. The Kier molecular flexibility index (Phi) is 4.65. The van der Waals surface area contributed by atoms with Crippen LogP contribution in [0.5, 0.6) is 5.75 Å². The molecule has 1 aromatic heterocycles. The molecule has 0 saturated carbocycles. The van der Waals surface area contributed by atoms with E-state index in [4.69, 9.17) is 4.74 Å². The Balaban J connectivity index is 2.30. The Hall–Kier alpha value is -2.27. The predicted molar refractivity (Wildman–Crippen MR) is 87.3 cm³/mol. The van der Waals surface area contributed by atoms with Crippen LogP contribution in [0, 0.1) is 11.8 Å². The molecule has 0 amide bonds. The molecule has 108 valence electrons. The second kappa shape index (κ2) is 6.45. The van der Waals surface area contributed by atoms with Gasteiger partial charge in [0.15, 0.2) is 0 Å². The van der Waals surface area contributed by atoms with Gasteiger partial charge in [0.2, 0.25) is 0 Å². The molecule has 1 heterocycles. The van der Waals surface area contributed by atoms with Gasteiger partial charge in [0, 0.05) is 11.8 Å². The standard InChI is InChI=1S/C19H21NO/c1-5-6-13-21-18-14-20-12-11-17(18)15-7-9-16(10-8-15)19(2,3)4/h7-12,14H,13H2,1-4H3. The van der Waals surface area contributed by atoms with Gasteiger partial charge in [-0.2, -0.15) is 0 Å². The lowest BCUT2D eigenvalue weighted by Crippen LogP contribution is -2.10. The summed E-state index contributed by atoms with van der Waals surface area (Å²) in [5.41, 5.74) is 3.65. The summed E-state index contributed by atoms with van der Waals surface area (Å²) in [6.07, 6.45) is 3.52. The smallest absolute Gasteiger partial charge is 0.149 e. The van der Waals surface area contributed by atoms with Gasteiger partial charge in [-0.25, -0.2) is 0 Å². The molecule has 0 atom stereocenters. The summed E-state index contributed by atoms with van der Waals surface area (Å²) in [5, 5.41) is 0. The molecule has 0 aliphatic carbocycles. The van der Waals surface area contributed by atoms with Crippen LogP contribution < -0.4 is 4.74 Å². The zero-order valence-corrected chi connectivity index (χ0v) is 13.1. The maximum absolute atomic E-state index is 5.69. The van der Waals surface area contributed by atoms with Crippen LogP contribution in [-0.4, -0.2) is 11.6 Å². The van der Waals surface area contributed by atoms with Crippen molar-refractivity contribution in [3.63, 3.8) is 0 Å². The summed E-state index contributed by atoms with van der Waals surface area (Å²) in [7, 11) is 0. The monoisotopic (exact) mass is 279 g/mol. The number of pyridine rings is 1. The maximum Gasteiger partial charge on any atom is 0.149 e. The van der Waals surface area contributed by atoms with Crippen LogP contribution in [0.2, 0.25) is 0 Å². The largest absolute Gasteiger partial charge is 0.479 e. The molecular weight excluding hydrogens is 258 g/mol. The molecule has 21 heavy (non-hydrogen) atoms. The van der Waals surface area contributed by atoms with Crippen LogP contribution in [0.4, 0.5) is 0 Å². The van der Waals surface area contributed by atoms with Crippen LogP contribution in [-0.2, 0) is 5.41 Å². The molecule has 2 aromatic rings. The van der Waals surface area contributed by atoms with Gasteiger partial charge in [0.25, 0.3) is 0 Å². The number of nitrogens with zero attached hydrogens (tertiary/aromatic N) is 1. The molecule has 2 nitrogen and oxygen atoms in total. The van der Waals surface area contributed by atoms with E-state index in [0.717, 1.165) is 16.9 Å². The molecule has 0 spiro atoms. The predicted octanol–water partition coefficient (Wildman–Crippen LogP) is 4.45. The van der Waals surface area contributed by atoms with Gasteiger partial charge >= 0.3 is 0 Å².